The van der Waals surface area contributed by atoms with Gasteiger partial charge in [-0.2, -0.15) is 5.10 Å². The topological polar surface area (TPSA) is 80.7 Å². The van der Waals surface area contributed by atoms with E-state index in [1.807, 2.05) is 62.4 Å². The maximum atomic E-state index is 13.5. The first-order valence-corrected chi connectivity index (χ1v) is 14.0. The summed E-state index contributed by atoms with van der Waals surface area (Å²) in [6.45, 7) is 5.14. The van der Waals surface area contributed by atoms with Crippen LogP contribution in [0.15, 0.2) is 71.8 Å². The van der Waals surface area contributed by atoms with E-state index in [9.17, 15) is 9.59 Å². The van der Waals surface area contributed by atoms with Gasteiger partial charge >= 0.3 is 0 Å². The van der Waals surface area contributed by atoms with Crippen molar-refractivity contribution in [1.29, 1.82) is 0 Å². The molecule has 0 spiro atoms. The standard InChI is InChI=1S/C32H34ClN3O5/c1-32(2)29(22-10-13-27(39-3)28(18-22)40-4)34-36(31(32)38)23-14-16-35(17-15-23)30(37)25-19-24(11-12-26(25)33)41-20-21-8-6-5-7-9-21/h5-13,18-19,23H,14-17,20H2,1-4H3. The van der Waals surface area contributed by atoms with Gasteiger partial charge in [0.2, 0.25) is 0 Å². The first kappa shape index (κ1) is 28.5. The highest BCUT2D eigenvalue weighted by atomic mass is 35.5. The maximum Gasteiger partial charge on any atom is 0.255 e. The third-order valence-electron chi connectivity index (χ3n) is 7.71. The van der Waals surface area contributed by atoms with Crippen molar-refractivity contribution in [3.05, 3.63) is 88.4 Å². The van der Waals surface area contributed by atoms with Gasteiger partial charge in [0.05, 0.1) is 42.0 Å². The fraction of sp³-hybridized carbons (Fsp3) is 0.344. The minimum Gasteiger partial charge on any atom is -0.493 e. The summed E-state index contributed by atoms with van der Waals surface area (Å²) in [5, 5.41) is 6.80. The number of nitrogens with zero attached hydrogens (tertiary/aromatic N) is 3. The lowest BCUT2D eigenvalue weighted by Crippen LogP contribution is -2.47. The molecule has 1 saturated heterocycles. The van der Waals surface area contributed by atoms with Crippen molar-refractivity contribution >= 4 is 29.1 Å². The Hall–Kier alpha value is -4.04. The Labute approximate surface area is 245 Å². The molecule has 1 fully saturated rings. The Kier molecular flexibility index (Phi) is 8.22. The quantitative estimate of drug-likeness (QED) is 0.338. The smallest absolute Gasteiger partial charge is 0.255 e. The number of amides is 2. The van der Waals surface area contributed by atoms with Gasteiger partial charge in [0.25, 0.3) is 11.8 Å². The number of carbonyl (C=O) groups is 2. The minimum atomic E-state index is -0.805. The van der Waals surface area contributed by atoms with Crippen molar-refractivity contribution in [2.75, 3.05) is 27.3 Å². The van der Waals surface area contributed by atoms with Crippen LogP contribution in [0.2, 0.25) is 5.02 Å². The molecule has 41 heavy (non-hydrogen) atoms. The third-order valence-corrected chi connectivity index (χ3v) is 8.04. The molecule has 5 rings (SSSR count). The monoisotopic (exact) mass is 575 g/mol. The first-order valence-electron chi connectivity index (χ1n) is 13.6. The van der Waals surface area contributed by atoms with Crippen LogP contribution in [0.5, 0.6) is 17.2 Å². The molecule has 2 heterocycles. The average molecular weight is 576 g/mol. The number of hydrogen-bond donors (Lipinski definition) is 0. The highest BCUT2D eigenvalue weighted by Crippen LogP contribution is 2.38. The fourth-order valence-electron chi connectivity index (χ4n) is 5.30. The minimum absolute atomic E-state index is 0.0571. The van der Waals surface area contributed by atoms with E-state index in [0.717, 1.165) is 11.1 Å². The van der Waals surface area contributed by atoms with Gasteiger partial charge in [-0.3, -0.25) is 9.59 Å². The van der Waals surface area contributed by atoms with Crippen molar-refractivity contribution in [3.63, 3.8) is 0 Å². The number of likely N-dealkylation sites (tertiary alicyclic amines) is 1. The zero-order valence-corrected chi connectivity index (χ0v) is 24.5. The number of hydrazone groups is 1. The number of methoxy groups -OCH3 is 2. The normalized spacial score (nSPS) is 16.9. The van der Waals surface area contributed by atoms with Gasteiger partial charge < -0.3 is 19.1 Å². The highest BCUT2D eigenvalue weighted by molar-refractivity contribution is 6.33. The number of rotatable bonds is 8. The Bertz CT molecular complexity index is 1470. The second-order valence-corrected chi connectivity index (χ2v) is 11.1. The Morgan fingerprint density at radius 1 is 0.976 bits per heavy atom. The second kappa shape index (κ2) is 11.8. The number of carbonyl (C=O) groups excluding carboxylic acids is 2. The molecule has 9 heteroatoms. The number of piperidine rings is 1. The molecule has 0 aliphatic carbocycles. The van der Waals surface area contributed by atoms with Crippen LogP contribution < -0.4 is 14.2 Å². The molecule has 2 aliphatic heterocycles. The van der Waals surface area contributed by atoms with E-state index < -0.39 is 5.41 Å². The van der Waals surface area contributed by atoms with E-state index in [4.69, 9.17) is 30.9 Å². The molecule has 0 atom stereocenters. The maximum absolute atomic E-state index is 13.5. The van der Waals surface area contributed by atoms with Gasteiger partial charge in [0.15, 0.2) is 11.5 Å². The summed E-state index contributed by atoms with van der Waals surface area (Å²) in [7, 11) is 3.17. The van der Waals surface area contributed by atoms with E-state index in [1.54, 1.807) is 42.3 Å². The zero-order chi connectivity index (χ0) is 29.1. The van der Waals surface area contributed by atoms with Crippen molar-refractivity contribution in [2.24, 2.45) is 10.5 Å². The molecular weight excluding hydrogens is 542 g/mol. The van der Waals surface area contributed by atoms with Gasteiger partial charge in [0, 0.05) is 18.7 Å². The fourth-order valence-corrected chi connectivity index (χ4v) is 5.50. The molecule has 214 valence electrons. The van der Waals surface area contributed by atoms with Crippen molar-refractivity contribution < 1.29 is 23.8 Å². The van der Waals surface area contributed by atoms with E-state index in [-0.39, 0.29) is 17.9 Å². The predicted molar refractivity (Wildman–Crippen MR) is 158 cm³/mol. The predicted octanol–water partition coefficient (Wildman–Crippen LogP) is 5.81. The summed E-state index contributed by atoms with van der Waals surface area (Å²) in [6, 6.07) is 20.4. The summed E-state index contributed by atoms with van der Waals surface area (Å²) in [6.07, 6.45) is 1.22. The Morgan fingerprint density at radius 3 is 2.37 bits per heavy atom. The molecule has 0 radical (unpaired) electrons. The summed E-state index contributed by atoms with van der Waals surface area (Å²) < 4.78 is 16.7. The van der Waals surface area contributed by atoms with Crippen LogP contribution in [0.3, 0.4) is 0 Å². The number of halogens is 1. The highest BCUT2D eigenvalue weighted by Gasteiger charge is 2.47. The lowest BCUT2D eigenvalue weighted by atomic mass is 9.83. The molecule has 8 nitrogen and oxygen atoms in total. The van der Waals surface area contributed by atoms with Crippen molar-refractivity contribution in [3.8, 4) is 17.2 Å². The Balaban J connectivity index is 1.27. The van der Waals surface area contributed by atoms with E-state index >= 15 is 0 Å². The lowest BCUT2D eigenvalue weighted by Gasteiger charge is -2.35. The molecular formula is C32H34ClN3O5. The summed E-state index contributed by atoms with van der Waals surface area (Å²) >= 11 is 6.43. The summed E-state index contributed by atoms with van der Waals surface area (Å²) in [4.78, 5) is 28.7. The Morgan fingerprint density at radius 2 is 1.68 bits per heavy atom. The van der Waals surface area contributed by atoms with Gasteiger partial charge in [-0.1, -0.05) is 41.9 Å². The van der Waals surface area contributed by atoms with Crippen LogP contribution in [0.25, 0.3) is 0 Å². The molecule has 0 N–H and O–H groups in total. The molecule has 2 amide bonds. The van der Waals surface area contributed by atoms with Crippen molar-refractivity contribution in [2.45, 2.75) is 39.3 Å². The number of ether oxygens (including phenoxy) is 3. The molecule has 0 saturated carbocycles. The lowest BCUT2D eigenvalue weighted by molar-refractivity contribution is -0.137. The number of hydrogen-bond acceptors (Lipinski definition) is 6. The molecule has 0 bridgehead atoms. The van der Waals surface area contributed by atoms with Crippen LogP contribution in [-0.4, -0.2) is 60.8 Å². The summed E-state index contributed by atoms with van der Waals surface area (Å²) in [5.74, 6) is 1.56. The van der Waals surface area contributed by atoms with Gasteiger partial charge in [-0.25, -0.2) is 5.01 Å². The van der Waals surface area contributed by atoms with Gasteiger partial charge in [-0.05, 0) is 68.7 Å². The molecule has 2 aliphatic rings. The van der Waals surface area contributed by atoms with Gasteiger partial charge in [-0.15, -0.1) is 0 Å². The molecule has 3 aromatic carbocycles. The van der Waals surface area contributed by atoms with Crippen LogP contribution in [-0.2, 0) is 11.4 Å². The average Bonchev–Trinajstić information content (AvgIpc) is 3.24. The van der Waals surface area contributed by atoms with Crippen molar-refractivity contribution in [1.82, 2.24) is 9.91 Å². The van der Waals surface area contributed by atoms with Crippen LogP contribution in [0.1, 0.15) is 48.2 Å². The third kappa shape index (κ3) is 5.75. The van der Waals surface area contributed by atoms with E-state index in [0.29, 0.717) is 66.1 Å². The summed E-state index contributed by atoms with van der Waals surface area (Å²) in [5.41, 5.74) is 2.12. The van der Waals surface area contributed by atoms with E-state index in [1.165, 1.54) is 0 Å². The molecule has 0 aromatic heterocycles. The number of benzene rings is 3. The SMILES string of the molecule is COc1ccc(C2=NN(C3CCN(C(=O)c4cc(OCc5ccccc5)ccc4Cl)CC3)C(=O)C2(C)C)cc1OC. The zero-order valence-electron chi connectivity index (χ0n) is 23.7. The largest absolute Gasteiger partial charge is 0.493 e. The second-order valence-electron chi connectivity index (χ2n) is 10.7. The van der Waals surface area contributed by atoms with E-state index in [2.05, 4.69) is 0 Å². The first-order chi connectivity index (χ1) is 19.7. The van der Waals surface area contributed by atoms with Crippen LogP contribution >= 0.6 is 11.6 Å². The molecule has 0 unspecified atom stereocenters. The van der Waals surface area contributed by atoms with Crippen LogP contribution in [0.4, 0.5) is 0 Å². The van der Waals surface area contributed by atoms with Crippen LogP contribution in [0, 0.1) is 5.41 Å². The molecule has 3 aromatic rings. The van der Waals surface area contributed by atoms with Gasteiger partial charge in [0.1, 0.15) is 12.4 Å².